The first-order valence-corrected chi connectivity index (χ1v) is 12.0. The molecule has 164 valence electrons. The summed E-state index contributed by atoms with van der Waals surface area (Å²) in [6, 6.07) is 12.3. The summed E-state index contributed by atoms with van der Waals surface area (Å²) in [7, 11) is -3.66. The Morgan fingerprint density at radius 2 is 1.73 bits per heavy atom. The van der Waals surface area contributed by atoms with E-state index in [0.29, 0.717) is 18.7 Å². The molecule has 2 aromatic carbocycles. The molecule has 7 heteroatoms. The second-order valence-corrected chi connectivity index (χ2v) is 9.66. The van der Waals surface area contributed by atoms with Crippen LogP contribution in [0.5, 0.6) is 5.75 Å². The Labute approximate surface area is 180 Å². The van der Waals surface area contributed by atoms with E-state index in [-0.39, 0.29) is 12.0 Å². The van der Waals surface area contributed by atoms with Gasteiger partial charge in [0, 0.05) is 6.54 Å². The van der Waals surface area contributed by atoms with Crippen molar-refractivity contribution in [1.82, 2.24) is 5.32 Å². The lowest BCUT2D eigenvalue weighted by Crippen LogP contribution is -2.49. The summed E-state index contributed by atoms with van der Waals surface area (Å²) in [6.07, 6.45) is 1.58. The van der Waals surface area contributed by atoms with Crippen LogP contribution in [-0.2, 0) is 21.4 Å². The van der Waals surface area contributed by atoms with Crippen molar-refractivity contribution in [3.63, 3.8) is 0 Å². The van der Waals surface area contributed by atoms with Crippen molar-refractivity contribution >= 4 is 21.6 Å². The molecule has 0 heterocycles. The van der Waals surface area contributed by atoms with Crippen LogP contribution in [0.15, 0.2) is 42.5 Å². The molecule has 2 aromatic rings. The van der Waals surface area contributed by atoms with Crippen LogP contribution in [-0.4, -0.2) is 32.7 Å². The molecule has 0 aliphatic heterocycles. The van der Waals surface area contributed by atoms with Gasteiger partial charge in [-0.3, -0.25) is 9.10 Å². The molecule has 0 aromatic heterocycles. The molecule has 0 radical (unpaired) electrons. The van der Waals surface area contributed by atoms with E-state index in [9.17, 15) is 13.2 Å². The van der Waals surface area contributed by atoms with Crippen LogP contribution in [0.3, 0.4) is 0 Å². The lowest BCUT2D eigenvalue weighted by molar-refractivity contribution is -0.122. The minimum Gasteiger partial charge on any atom is -0.491 e. The van der Waals surface area contributed by atoms with Gasteiger partial charge in [-0.05, 0) is 69.0 Å². The van der Waals surface area contributed by atoms with E-state index in [2.05, 4.69) is 5.32 Å². The third-order valence-corrected chi connectivity index (χ3v) is 5.86. The Morgan fingerprint density at radius 3 is 2.27 bits per heavy atom. The van der Waals surface area contributed by atoms with Gasteiger partial charge in [0.1, 0.15) is 11.8 Å². The SMILES string of the molecule is CC[C@H](C(=O)NCc1ccc(OC(C)C)cc1)N(c1cc(C)ccc1C)S(C)(=O)=O. The summed E-state index contributed by atoms with van der Waals surface area (Å²) < 4.78 is 32.1. The third-order valence-electron chi connectivity index (χ3n) is 4.69. The summed E-state index contributed by atoms with van der Waals surface area (Å²) in [5, 5.41) is 2.88. The number of ether oxygens (including phenoxy) is 1. The van der Waals surface area contributed by atoms with E-state index < -0.39 is 16.1 Å². The number of carbonyl (C=O) groups excluding carboxylic acids is 1. The molecule has 0 saturated carbocycles. The van der Waals surface area contributed by atoms with Crippen LogP contribution in [0.4, 0.5) is 5.69 Å². The molecule has 0 bridgehead atoms. The molecule has 30 heavy (non-hydrogen) atoms. The molecule has 6 nitrogen and oxygen atoms in total. The number of aryl methyl sites for hydroxylation is 2. The van der Waals surface area contributed by atoms with Crippen molar-refractivity contribution in [2.24, 2.45) is 0 Å². The Kier molecular flexibility index (Phi) is 7.89. The van der Waals surface area contributed by atoms with E-state index in [1.807, 2.05) is 71.0 Å². The van der Waals surface area contributed by atoms with Gasteiger partial charge in [-0.2, -0.15) is 0 Å². The lowest BCUT2D eigenvalue weighted by atomic mass is 10.1. The number of carbonyl (C=O) groups is 1. The number of amides is 1. The maximum Gasteiger partial charge on any atom is 0.244 e. The number of sulfonamides is 1. The van der Waals surface area contributed by atoms with Crippen LogP contribution in [0.25, 0.3) is 0 Å². The number of benzene rings is 2. The molecule has 1 atom stereocenters. The van der Waals surface area contributed by atoms with E-state index in [1.165, 1.54) is 4.31 Å². The van der Waals surface area contributed by atoms with Gasteiger partial charge in [0.2, 0.25) is 15.9 Å². The first-order valence-electron chi connectivity index (χ1n) is 10.1. The van der Waals surface area contributed by atoms with Crippen LogP contribution in [0.2, 0.25) is 0 Å². The third kappa shape index (κ3) is 6.23. The summed E-state index contributed by atoms with van der Waals surface area (Å²) >= 11 is 0. The van der Waals surface area contributed by atoms with Gasteiger partial charge in [0.05, 0.1) is 18.0 Å². The first kappa shape index (κ1) is 23.7. The van der Waals surface area contributed by atoms with Gasteiger partial charge >= 0.3 is 0 Å². The molecule has 0 aliphatic rings. The molecule has 0 fully saturated rings. The molecule has 1 N–H and O–H groups in total. The highest BCUT2D eigenvalue weighted by Gasteiger charge is 2.32. The van der Waals surface area contributed by atoms with Crippen molar-refractivity contribution in [1.29, 1.82) is 0 Å². The predicted octanol–water partition coefficient (Wildman–Crippen LogP) is 3.95. The van der Waals surface area contributed by atoms with Crippen molar-refractivity contribution in [3.8, 4) is 5.75 Å². The normalized spacial score (nSPS) is 12.5. The molecule has 0 unspecified atom stereocenters. The summed E-state index contributed by atoms with van der Waals surface area (Å²) in [5.74, 6) is 0.441. The zero-order chi connectivity index (χ0) is 22.5. The van der Waals surface area contributed by atoms with Crippen molar-refractivity contribution in [2.45, 2.75) is 59.7 Å². The number of nitrogens with zero attached hydrogens (tertiary/aromatic N) is 1. The molecule has 0 aliphatic carbocycles. The monoisotopic (exact) mass is 432 g/mol. The van der Waals surface area contributed by atoms with Gasteiger partial charge in [-0.15, -0.1) is 0 Å². The number of hydrogen-bond donors (Lipinski definition) is 1. The summed E-state index contributed by atoms with van der Waals surface area (Å²) in [5.41, 5.74) is 3.18. The Morgan fingerprint density at radius 1 is 1.10 bits per heavy atom. The van der Waals surface area contributed by atoms with E-state index in [0.717, 1.165) is 28.7 Å². The second-order valence-electron chi connectivity index (χ2n) is 7.80. The quantitative estimate of drug-likeness (QED) is 0.651. The maximum atomic E-state index is 13.0. The number of anilines is 1. The molecular formula is C23H32N2O4S. The fourth-order valence-electron chi connectivity index (χ4n) is 3.26. The van der Waals surface area contributed by atoms with E-state index in [4.69, 9.17) is 4.74 Å². The average molecular weight is 433 g/mol. The fourth-order valence-corrected chi connectivity index (χ4v) is 4.52. The minimum absolute atomic E-state index is 0.0907. The van der Waals surface area contributed by atoms with Gasteiger partial charge in [0.25, 0.3) is 0 Å². The van der Waals surface area contributed by atoms with Crippen molar-refractivity contribution in [3.05, 3.63) is 59.2 Å². The highest BCUT2D eigenvalue weighted by molar-refractivity contribution is 7.92. The topological polar surface area (TPSA) is 75.7 Å². The van der Waals surface area contributed by atoms with Crippen LogP contribution >= 0.6 is 0 Å². The fraction of sp³-hybridized carbons (Fsp3) is 0.435. The van der Waals surface area contributed by atoms with E-state index in [1.54, 1.807) is 6.07 Å². The second kappa shape index (κ2) is 9.98. The minimum atomic E-state index is -3.66. The highest BCUT2D eigenvalue weighted by Crippen LogP contribution is 2.27. The molecule has 2 rings (SSSR count). The van der Waals surface area contributed by atoms with E-state index >= 15 is 0 Å². The van der Waals surface area contributed by atoms with Crippen molar-refractivity contribution in [2.75, 3.05) is 10.6 Å². The van der Waals surface area contributed by atoms with Gasteiger partial charge in [-0.25, -0.2) is 8.42 Å². The van der Waals surface area contributed by atoms with Crippen molar-refractivity contribution < 1.29 is 17.9 Å². The average Bonchev–Trinajstić information content (AvgIpc) is 2.66. The molecule has 1 amide bonds. The van der Waals surface area contributed by atoms with Gasteiger partial charge in [-0.1, -0.05) is 31.2 Å². The zero-order valence-electron chi connectivity index (χ0n) is 18.6. The zero-order valence-corrected chi connectivity index (χ0v) is 19.4. The first-order chi connectivity index (χ1) is 14.0. The Hall–Kier alpha value is -2.54. The summed E-state index contributed by atoms with van der Waals surface area (Å²) in [4.78, 5) is 13.0. The number of rotatable bonds is 9. The standard InChI is InChI=1S/C23H32N2O4S/c1-7-21(25(30(6,27)28)22-14-17(4)8-9-18(22)5)23(26)24-15-19-10-12-20(13-11-19)29-16(2)3/h8-14,16,21H,7,15H2,1-6H3,(H,24,26)/t21-/m1/s1. The van der Waals surface area contributed by atoms with Gasteiger partial charge < -0.3 is 10.1 Å². The Balaban J connectivity index is 2.21. The van der Waals surface area contributed by atoms with Crippen LogP contribution < -0.4 is 14.4 Å². The van der Waals surface area contributed by atoms with Crippen LogP contribution in [0.1, 0.15) is 43.9 Å². The molecular weight excluding hydrogens is 400 g/mol. The molecule has 0 saturated heterocycles. The van der Waals surface area contributed by atoms with Crippen LogP contribution in [0, 0.1) is 13.8 Å². The largest absolute Gasteiger partial charge is 0.491 e. The summed E-state index contributed by atoms with van der Waals surface area (Å²) in [6.45, 7) is 9.79. The maximum absolute atomic E-state index is 13.0. The molecule has 0 spiro atoms. The predicted molar refractivity (Wildman–Crippen MR) is 121 cm³/mol. The number of hydrogen-bond acceptors (Lipinski definition) is 4. The highest BCUT2D eigenvalue weighted by atomic mass is 32.2. The Bertz CT molecular complexity index is 969. The lowest BCUT2D eigenvalue weighted by Gasteiger charge is -2.31. The van der Waals surface area contributed by atoms with Gasteiger partial charge in [0.15, 0.2) is 0 Å². The number of nitrogens with one attached hydrogen (secondary N) is 1. The smallest absolute Gasteiger partial charge is 0.244 e.